The third-order valence-corrected chi connectivity index (χ3v) is 4.65. The molecule has 150 valence electrons. The zero-order valence-electron chi connectivity index (χ0n) is 16.1. The van der Waals surface area contributed by atoms with E-state index < -0.39 is 0 Å². The molecule has 0 aromatic heterocycles. The lowest BCUT2D eigenvalue weighted by atomic mass is 10.1. The van der Waals surface area contributed by atoms with Crippen molar-refractivity contribution in [2.75, 3.05) is 31.0 Å². The molecule has 1 aliphatic carbocycles. The van der Waals surface area contributed by atoms with Gasteiger partial charge in [-0.15, -0.1) is 0 Å². The van der Waals surface area contributed by atoms with Gasteiger partial charge < -0.3 is 24.8 Å². The van der Waals surface area contributed by atoms with Crippen molar-refractivity contribution >= 4 is 29.3 Å². The van der Waals surface area contributed by atoms with Crippen LogP contribution in [0.3, 0.4) is 0 Å². The molecule has 29 heavy (non-hydrogen) atoms. The van der Waals surface area contributed by atoms with E-state index in [0.717, 1.165) is 24.1 Å². The quantitative estimate of drug-likeness (QED) is 0.733. The topological polar surface area (TPSA) is 85.9 Å². The first-order chi connectivity index (χ1) is 14.1. The van der Waals surface area contributed by atoms with Gasteiger partial charge in [0.1, 0.15) is 13.2 Å². The Bertz CT molecular complexity index is 931. The molecular weight excluding hydrogens is 372 g/mol. The van der Waals surface area contributed by atoms with Gasteiger partial charge in [0.2, 0.25) is 17.6 Å². The molecule has 7 heteroatoms. The second-order valence-electron chi connectivity index (χ2n) is 6.91. The van der Waals surface area contributed by atoms with Gasteiger partial charge in [-0.1, -0.05) is 0 Å². The average Bonchev–Trinajstić information content (AvgIpc) is 3.58. The van der Waals surface area contributed by atoms with Gasteiger partial charge in [-0.05, 0) is 60.9 Å². The number of benzene rings is 2. The predicted molar refractivity (Wildman–Crippen MR) is 109 cm³/mol. The van der Waals surface area contributed by atoms with Crippen LogP contribution in [-0.2, 0) is 9.59 Å². The number of methoxy groups -OCH3 is 1. The van der Waals surface area contributed by atoms with E-state index in [1.54, 1.807) is 49.6 Å². The van der Waals surface area contributed by atoms with Gasteiger partial charge >= 0.3 is 0 Å². The highest BCUT2D eigenvalue weighted by Gasteiger charge is 2.29. The van der Waals surface area contributed by atoms with Crippen LogP contribution in [0.15, 0.2) is 42.5 Å². The van der Waals surface area contributed by atoms with Crippen LogP contribution in [0.1, 0.15) is 18.4 Å². The minimum atomic E-state index is -0.270. The van der Waals surface area contributed by atoms with Crippen LogP contribution in [0.5, 0.6) is 17.2 Å². The summed E-state index contributed by atoms with van der Waals surface area (Å²) in [6.07, 6.45) is 5.04. The minimum Gasteiger partial charge on any atom is -0.493 e. The highest BCUT2D eigenvalue weighted by molar-refractivity contribution is 6.02. The molecule has 0 saturated heterocycles. The lowest BCUT2D eigenvalue weighted by molar-refractivity contribution is -0.117. The number of carbonyl (C=O) groups excluding carboxylic acids is 2. The van der Waals surface area contributed by atoms with E-state index in [2.05, 4.69) is 10.6 Å². The van der Waals surface area contributed by atoms with Crippen molar-refractivity contribution in [3.8, 4) is 17.2 Å². The molecule has 4 rings (SSSR count). The van der Waals surface area contributed by atoms with Crippen LogP contribution in [0.25, 0.3) is 6.08 Å². The van der Waals surface area contributed by atoms with E-state index in [1.807, 2.05) is 0 Å². The number of amides is 2. The molecule has 0 atom stereocenters. The maximum atomic E-state index is 12.2. The van der Waals surface area contributed by atoms with Crippen molar-refractivity contribution in [3.63, 3.8) is 0 Å². The predicted octanol–water partition coefficient (Wildman–Crippen LogP) is 3.47. The first kappa shape index (κ1) is 18.9. The van der Waals surface area contributed by atoms with Gasteiger partial charge in [0, 0.05) is 23.4 Å². The second-order valence-corrected chi connectivity index (χ2v) is 6.91. The number of fused-ring (bicyclic) bond motifs is 1. The molecular formula is C22H22N2O5. The van der Waals surface area contributed by atoms with Crippen LogP contribution < -0.4 is 24.8 Å². The van der Waals surface area contributed by atoms with Gasteiger partial charge in [-0.3, -0.25) is 9.59 Å². The number of nitrogens with one attached hydrogen (secondary N) is 2. The summed E-state index contributed by atoms with van der Waals surface area (Å²) in [5.74, 6) is 1.67. The van der Waals surface area contributed by atoms with Crippen molar-refractivity contribution in [1.82, 2.24) is 0 Å². The van der Waals surface area contributed by atoms with Gasteiger partial charge in [-0.2, -0.15) is 0 Å². The molecule has 7 nitrogen and oxygen atoms in total. The average molecular weight is 394 g/mol. The summed E-state index contributed by atoms with van der Waals surface area (Å²) in [7, 11) is 1.56. The summed E-state index contributed by atoms with van der Waals surface area (Å²) in [5.41, 5.74) is 2.13. The fourth-order valence-corrected chi connectivity index (χ4v) is 2.97. The molecule has 0 radical (unpaired) electrons. The van der Waals surface area contributed by atoms with Gasteiger partial charge in [0.05, 0.1) is 7.11 Å². The molecule has 2 aliphatic rings. The van der Waals surface area contributed by atoms with E-state index >= 15 is 0 Å². The van der Waals surface area contributed by atoms with Crippen LogP contribution in [0.2, 0.25) is 0 Å². The zero-order valence-corrected chi connectivity index (χ0v) is 16.1. The Balaban J connectivity index is 1.38. The minimum absolute atomic E-state index is 0.0552. The molecule has 1 saturated carbocycles. The Morgan fingerprint density at radius 3 is 2.41 bits per heavy atom. The fourth-order valence-electron chi connectivity index (χ4n) is 2.97. The van der Waals surface area contributed by atoms with Crippen molar-refractivity contribution in [1.29, 1.82) is 0 Å². The Kier molecular flexibility index (Phi) is 5.37. The summed E-state index contributed by atoms with van der Waals surface area (Å²) in [4.78, 5) is 24.0. The SMILES string of the molecule is COc1cc(/C=C/C(=O)Nc2ccc(NC(=O)C3CC3)cc2)cc2c1OCCO2. The van der Waals surface area contributed by atoms with E-state index in [9.17, 15) is 9.59 Å². The number of hydrogen-bond acceptors (Lipinski definition) is 5. The Morgan fingerprint density at radius 2 is 1.72 bits per heavy atom. The van der Waals surface area contributed by atoms with Crippen molar-refractivity contribution in [3.05, 3.63) is 48.0 Å². The molecule has 0 spiro atoms. The molecule has 1 heterocycles. The number of ether oxygens (including phenoxy) is 3. The number of hydrogen-bond donors (Lipinski definition) is 2. The fraction of sp³-hybridized carbons (Fsp3) is 0.273. The molecule has 1 aliphatic heterocycles. The molecule has 0 unspecified atom stereocenters. The lowest BCUT2D eigenvalue weighted by Gasteiger charge is -2.20. The molecule has 2 aromatic rings. The second kappa shape index (κ2) is 8.26. The smallest absolute Gasteiger partial charge is 0.248 e. The third-order valence-electron chi connectivity index (χ3n) is 4.65. The van der Waals surface area contributed by atoms with Crippen LogP contribution in [-0.4, -0.2) is 32.1 Å². The van der Waals surface area contributed by atoms with Crippen molar-refractivity contribution in [2.45, 2.75) is 12.8 Å². The first-order valence-corrected chi connectivity index (χ1v) is 9.50. The van der Waals surface area contributed by atoms with Gasteiger partial charge in [0.15, 0.2) is 11.5 Å². The number of anilines is 2. The summed E-state index contributed by atoms with van der Waals surface area (Å²) in [6.45, 7) is 0.949. The Hall–Kier alpha value is -3.48. The van der Waals surface area contributed by atoms with E-state index in [1.165, 1.54) is 6.08 Å². The summed E-state index contributed by atoms with van der Waals surface area (Å²) in [6, 6.07) is 10.6. The maximum absolute atomic E-state index is 12.2. The number of rotatable bonds is 6. The molecule has 2 N–H and O–H groups in total. The van der Waals surface area contributed by atoms with E-state index in [0.29, 0.717) is 36.1 Å². The Labute approximate surface area is 168 Å². The van der Waals surface area contributed by atoms with Crippen LogP contribution in [0.4, 0.5) is 11.4 Å². The summed E-state index contributed by atoms with van der Waals surface area (Å²) < 4.78 is 16.5. The van der Waals surface area contributed by atoms with Crippen LogP contribution >= 0.6 is 0 Å². The van der Waals surface area contributed by atoms with Crippen molar-refractivity contribution < 1.29 is 23.8 Å². The first-order valence-electron chi connectivity index (χ1n) is 9.50. The zero-order chi connectivity index (χ0) is 20.2. The summed E-state index contributed by atoms with van der Waals surface area (Å²) >= 11 is 0. The molecule has 1 fully saturated rings. The van der Waals surface area contributed by atoms with Crippen molar-refractivity contribution in [2.24, 2.45) is 5.92 Å². The highest BCUT2D eigenvalue weighted by Crippen LogP contribution is 2.40. The highest BCUT2D eigenvalue weighted by atomic mass is 16.6. The van der Waals surface area contributed by atoms with Gasteiger partial charge in [-0.25, -0.2) is 0 Å². The monoisotopic (exact) mass is 394 g/mol. The largest absolute Gasteiger partial charge is 0.493 e. The standard InChI is InChI=1S/C22H22N2O5/c1-27-18-12-14(13-19-21(18)29-11-10-28-19)2-9-20(25)23-16-5-7-17(8-6-16)24-22(26)15-3-4-15/h2,5-9,12-13,15H,3-4,10-11H2,1H3,(H,23,25)(H,24,26)/b9-2+. The number of carbonyl (C=O) groups is 2. The lowest BCUT2D eigenvalue weighted by Crippen LogP contribution is -2.16. The van der Waals surface area contributed by atoms with Crippen LogP contribution in [0, 0.1) is 5.92 Å². The maximum Gasteiger partial charge on any atom is 0.248 e. The molecule has 0 bridgehead atoms. The van der Waals surface area contributed by atoms with E-state index in [4.69, 9.17) is 14.2 Å². The third kappa shape index (κ3) is 4.68. The Morgan fingerprint density at radius 1 is 1.03 bits per heavy atom. The normalized spacial score (nSPS) is 15.1. The van der Waals surface area contributed by atoms with E-state index in [-0.39, 0.29) is 17.7 Å². The van der Waals surface area contributed by atoms with Gasteiger partial charge in [0.25, 0.3) is 0 Å². The molecule has 2 amide bonds. The molecule has 2 aromatic carbocycles. The summed E-state index contributed by atoms with van der Waals surface area (Å²) in [5, 5.41) is 5.66.